The van der Waals surface area contributed by atoms with Gasteiger partial charge in [0.1, 0.15) is 5.41 Å². The van der Waals surface area contributed by atoms with Crippen molar-refractivity contribution in [2.75, 3.05) is 0 Å². The van der Waals surface area contributed by atoms with Crippen LogP contribution in [0.3, 0.4) is 0 Å². The first kappa shape index (κ1) is 7.04. The molecule has 2 N–H and O–H groups in total. The highest BCUT2D eigenvalue weighted by atomic mass is 16.2. The molecule has 0 spiro atoms. The van der Waals surface area contributed by atoms with Crippen molar-refractivity contribution in [1.29, 1.82) is 0 Å². The summed E-state index contributed by atoms with van der Waals surface area (Å²) in [6.45, 7) is 0.393. The maximum atomic E-state index is 12.2. The van der Waals surface area contributed by atoms with E-state index in [1.54, 1.807) is 24.5 Å². The van der Waals surface area contributed by atoms with Gasteiger partial charge >= 0.3 is 6.03 Å². The van der Waals surface area contributed by atoms with Crippen LogP contribution >= 0.6 is 0 Å². The zero-order valence-corrected chi connectivity index (χ0v) is 9.22. The van der Waals surface area contributed by atoms with E-state index in [9.17, 15) is 14.4 Å². The molecule has 1 rings (SSSR count). The summed E-state index contributed by atoms with van der Waals surface area (Å²) >= 11 is 0. The van der Waals surface area contributed by atoms with E-state index in [0.29, 0.717) is 0 Å². The van der Waals surface area contributed by atoms with Crippen LogP contribution in [0.4, 0.5) is 4.79 Å². The number of urea groups is 1. The molecule has 90 valence electrons. The minimum absolute atomic E-state index is 0.0208. The van der Waals surface area contributed by atoms with E-state index in [4.69, 9.17) is 6.85 Å². The van der Waals surface area contributed by atoms with Crippen LogP contribution in [0.1, 0.15) is 46.8 Å². The molecule has 16 heavy (non-hydrogen) atoms. The van der Waals surface area contributed by atoms with E-state index >= 15 is 0 Å². The Kier molecular flexibility index (Phi) is 2.04. The first-order valence-corrected chi connectivity index (χ1v) is 5.03. The molecule has 0 aromatic carbocycles. The van der Waals surface area contributed by atoms with E-state index in [1.165, 1.54) is 0 Å². The third kappa shape index (κ3) is 2.23. The number of rotatable bonds is 4. The fourth-order valence-electron chi connectivity index (χ4n) is 1.46. The Bertz CT molecular complexity index is 453. The van der Waals surface area contributed by atoms with Crippen LogP contribution in [0, 0.1) is 11.3 Å². The average molecular weight is 231 g/mol. The lowest BCUT2D eigenvalue weighted by Gasteiger charge is -2.33. The standard InChI is InChI=1S/C11H18N2O3/c1-4-11(6-5-7(2)3)8(14)12-10(16)13-9(11)15/h7H,4-6H2,1-3H3,(H2,12,13,14,15,16)/i1D3,4D2. The van der Waals surface area contributed by atoms with Crippen LogP contribution in [-0.4, -0.2) is 17.8 Å². The Hall–Kier alpha value is -1.39. The molecule has 1 aliphatic heterocycles. The molecule has 0 aromatic heterocycles. The van der Waals surface area contributed by atoms with Gasteiger partial charge in [0.2, 0.25) is 11.8 Å². The summed E-state index contributed by atoms with van der Waals surface area (Å²) < 4.78 is 37.7. The van der Waals surface area contributed by atoms with Crippen molar-refractivity contribution in [3.05, 3.63) is 0 Å². The molecule has 5 heteroatoms. The number of imide groups is 2. The van der Waals surface area contributed by atoms with Crippen molar-refractivity contribution in [3.8, 4) is 0 Å². The third-order valence-electron chi connectivity index (χ3n) is 2.54. The molecule has 1 fully saturated rings. The van der Waals surface area contributed by atoms with Crippen LogP contribution in [0.5, 0.6) is 0 Å². The quantitative estimate of drug-likeness (QED) is 0.713. The summed E-state index contributed by atoms with van der Waals surface area (Å²) in [6.07, 6.45) is -3.16. The number of carbonyl (C=O) groups excluding carboxylic acids is 3. The van der Waals surface area contributed by atoms with Gasteiger partial charge in [-0.15, -0.1) is 0 Å². The lowest BCUT2D eigenvalue weighted by molar-refractivity contribution is -0.145. The van der Waals surface area contributed by atoms with Gasteiger partial charge in [0.25, 0.3) is 0 Å². The normalized spacial score (nSPS) is 25.9. The summed E-state index contributed by atoms with van der Waals surface area (Å²) in [5, 5.41) is 3.61. The van der Waals surface area contributed by atoms with Crippen molar-refractivity contribution in [1.82, 2.24) is 10.6 Å². The second-order valence-electron chi connectivity index (χ2n) is 4.20. The van der Waals surface area contributed by atoms with Crippen LogP contribution in [0.15, 0.2) is 0 Å². The second kappa shape index (κ2) is 4.63. The van der Waals surface area contributed by atoms with E-state index in [2.05, 4.69) is 0 Å². The molecular formula is C11H18N2O3. The highest BCUT2D eigenvalue weighted by Gasteiger charge is 2.48. The zero-order valence-electron chi connectivity index (χ0n) is 14.2. The van der Waals surface area contributed by atoms with Gasteiger partial charge in [-0.2, -0.15) is 0 Å². The predicted octanol–water partition coefficient (Wildman–Crippen LogP) is 1.18. The number of carbonyl (C=O) groups is 3. The molecular weight excluding hydrogens is 208 g/mol. The van der Waals surface area contributed by atoms with Gasteiger partial charge in [-0.3, -0.25) is 20.2 Å². The number of barbiturate groups is 1. The molecule has 0 aliphatic carbocycles. The zero-order chi connectivity index (χ0) is 16.6. The van der Waals surface area contributed by atoms with Crippen molar-refractivity contribution in [3.63, 3.8) is 0 Å². The molecule has 1 heterocycles. The van der Waals surface area contributed by atoms with E-state index < -0.39 is 36.5 Å². The molecule has 0 radical (unpaired) electrons. The van der Waals surface area contributed by atoms with Gasteiger partial charge in [-0.1, -0.05) is 20.7 Å². The number of nitrogens with one attached hydrogen (secondary N) is 2. The first-order chi connectivity index (χ1) is 9.36. The molecule has 0 aromatic rings. The predicted molar refractivity (Wildman–Crippen MR) is 58.5 cm³/mol. The number of amides is 4. The summed E-state index contributed by atoms with van der Waals surface area (Å²) in [7, 11) is 0. The van der Waals surface area contributed by atoms with Crippen LogP contribution < -0.4 is 10.6 Å². The topological polar surface area (TPSA) is 75.3 Å². The SMILES string of the molecule is [2H]C([2H])([2H])C([2H])([2H])C1(CCC(C)C)C(=O)NC(=O)NC1=O. The Labute approximate surface area is 102 Å². The molecule has 1 saturated heterocycles. The molecule has 0 unspecified atom stereocenters. The molecule has 4 amide bonds. The minimum Gasteiger partial charge on any atom is -0.277 e. The fraction of sp³-hybridized carbons (Fsp3) is 0.727. The molecule has 1 aliphatic rings. The molecule has 0 saturated carbocycles. The van der Waals surface area contributed by atoms with E-state index in [-0.39, 0.29) is 18.8 Å². The number of hydrogen-bond donors (Lipinski definition) is 2. The van der Waals surface area contributed by atoms with E-state index in [1.807, 2.05) is 0 Å². The van der Waals surface area contributed by atoms with Gasteiger partial charge < -0.3 is 0 Å². The van der Waals surface area contributed by atoms with Crippen molar-refractivity contribution in [2.24, 2.45) is 11.3 Å². The van der Waals surface area contributed by atoms with Crippen LogP contribution in [0.25, 0.3) is 0 Å². The van der Waals surface area contributed by atoms with Crippen molar-refractivity contribution in [2.45, 2.75) is 39.9 Å². The second-order valence-corrected chi connectivity index (χ2v) is 4.20. The van der Waals surface area contributed by atoms with Gasteiger partial charge in [0.15, 0.2) is 0 Å². The van der Waals surface area contributed by atoms with Crippen LogP contribution in [0.2, 0.25) is 0 Å². The Balaban J connectivity index is 3.39. The Morgan fingerprint density at radius 3 is 2.31 bits per heavy atom. The molecule has 5 nitrogen and oxygen atoms in total. The Morgan fingerprint density at radius 1 is 1.31 bits per heavy atom. The monoisotopic (exact) mass is 231 g/mol. The Morgan fingerprint density at radius 2 is 1.88 bits per heavy atom. The average Bonchev–Trinajstić information content (AvgIpc) is 2.25. The lowest BCUT2D eigenvalue weighted by atomic mass is 9.76. The smallest absolute Gasteiger partial charge is 0.277 e. The summed E-state index contributed by atoms with van der Waals surface area (Å²) in [5.41, 5.74) is -2.46. The van der Waals surface area contributed by atoms with Crippen molar-refractivity contribution >= 4 is 17.8 Å². The van der Waals surface area contributed by atoms with Crippen LogP contribution in [-0.2, 0) is 9.59 Å². The lowest BCUT2D eigenvalue weighted by Crippen LogP contribution is -2.62. The van der Waals surface area contributed by atoms with E-state index in [0.717, 1.165) is 0 Å². The van der Waals surface area contributed by atoms with Gasteiger partial charge in [0, 0.05) is 6.85 Å². The molecule has 0 bridgehead atoms. The van der Waals surface area contributed by atoms with Gasteiger partial charge in [-0.05, 0) is 25.1 Å². The summed E-state index contributed by atoms with van der Waals surface area (Å²) in [4.78, 5) is 35.5. The largest absolute Gasteiger partial charge is 0.328 e. The molecule has 0 atom stereocenters. The summed E-state index contributed by atoms with van der Waals surface area (Å²) in [5.74, 6) is -2.40. The van der Waals surface area contributed by atoms with Gasteiger partial charge in [0.05, 0.1) is 0 Å². The summed E-state index contributed by atoms with van der Waals surface area (Å²) in [6, 6.07) is -1.08. The number of hydrogen-bond acceptors (Lipinski definition) is 3. The highest BCUT2D eigenvalue weighted by Crippen LogP contribution is 2.32. The minimum atomic E-state index is -3.20. The van der Waals surface area contributed by atoms with Gasteiger partial charge in [-0.25, -0.2) is 4.79 Å². The van der Waals surface area contributed by atoms with Crippen molar-refractivity contribution < 1.29 is 21.2 Å². The highest BCUT2D eigenvalue weighted by molar-refractivity contribution is 6.19. The fourth-order valence-corrected chi connectivity index (χ4v) is 1.46. The first-order valence-electron chi connectivity index (χ1n) is 7.53. The maximum Gasteiger partial charge on any atom is 0.328 e. The third-order valence-corrected chi connectivity index (χ3v) is 2.54. The maximum absolute atomic E-state index is 12.2.